The first-order chi connectivity index (χ1) is 13.5. The molecular formula is C20H17BrClN3O3. The number of nitrogens with zero attached hydrogens (tertiary/aromatic N) is 1. The number of oxazole rings is 1. The van der Waals surface area contributed by atoms with Crippen LogP contribution >= 0.6 is 27.5 Å². The minimum absolute atomic E-state index is 0.114. The van der Waals surface area contributed by atoms with E-state index in [1.165, 1.54) is 0 Å². The van der Waals surface area contributed by atoms with Gasteiger partial charge < -0.3 is 15.1 Å². The molecule has 0 atom stereocenters. The maximum absolute atomic E-state index is 12.0. The molecule has 0 fully saturated rings. The van der Waals surface area contributed by atoms with Crippen molar-refractivity contribution in [2.24, 2.45) is 0 Å². The minimum Gasteiger partial charge on any atom is -0.441 e. The Bertz CT molecular complexity index is 990. The van der Waals surface area contributed by atoms with Gasteiger partial charge in [0.05, 0.1) is 23.5 Å². The zero-order chi connectivity index (χ0) is 19.9. The molecule has 28 heavy (non-hydrogen) atoms. The third-order valence-electron chi connectivity index (χ3n) is 3.85. The summed E-state index contributed by atoms with van der Waals surface area (Å²) < 4.78 is 6.43. The van der Waals surface area contributed by atoms with Crippen LogP contribution in [0.3, 0.4) is 0 Å². The lowest BCUT2D eigenvalue weighted by molar-refractivity contribution is -0.124. The molecule has 0 saturated carbocycles. The van der Waals surface area contributed by atoms with Gasteiger partial charge >= 0.3 is 0 Å². The SMILES string of the molecule is O=C(CCc1ncc(-c2ccccc2Cl)o1)NCC(=O)Nc1ccccc1Br. The maximum Gasteiger partial charge on any atom is 0.243 e. The molecule has 0 radical (unpaired) electrons. The first-order valence-electron chi connectivity index (χ1n) is 8.53. The van der Waals surface area contributed by atoms with Gasteiger partial charge in [-0.25, -0.2) is 4.98 Å². The molecule has 144 valence electrons. The molecule has 1 heterocycles. The second-order valence-electron chi connectivity index (χ2n) is 5.90. The summed E-state index contributed by atoms with van der Waals surface area (Å²) in [7, 11) is 0. The van der Waals surface area contributed by atoms with E-state index in [-0.39, 0.29) is 24.8 Å². The number of hydrogen-bond acceptors (Lipinski definition) is 4. The summed E-state index contributed by atoms with van der Waals surface area (Å²) in [6.45, 7) is -0.114. The van der Waals surface area contributed by atoms with Crippen LogP contribution in [0.2, 0.25) is 5.02 Å². The van der Waals surface area contributed by atoms with Crippen LogP contribution in [0.15, 0.2) is 63.6 Å². The second kappa shape index (κ2) is 9.52. The highest BCUT2D eigenvalue weighted by Crippen LogP contribution is 2.28. The number of carbonyl (C=O) groups is 2. The summed E-state index contributed by atoms with van der Waals surface area (Å²) in [5.41, 5.74) is 1.39. The number of hydrogen-bond donors (Lipinski definition) is 2. The van der Waals surface area contributed by atoms with E-state index in [0.29, 0.717) is 28.8 Å². The van der Waals surface area contributed by atoms with Crippen LogP contribution < -0.4 is 10.6 Å². The molecule has 0 bridgehead atoms. The number of amides is 2. The molecule has 1 aromatic heterocycles. The molecule has 3 aromatic rings. The standard InChI is InChI=1S/C20H17BrClN3O3/c21-14-6-2-4-8-16(14)25-19(27)12-23-18(26)9-10-20-24-11-17(28-20)13-5-1-3-7-15(13)22/h1-8,11H,9-10,12H2,(H,23,26)(H,25,27). The smallest absolute Gasteiger partial charge is 0.243 e. The summed E-state index contributed by atoms with van der Waals surface area (Å²) in [4.78, 5) is 28.1. The monoisotopic (exact) mass is 461 g/mol. The van der Waals surface area contributed by atoms with E-state index in [9.17, 15) is 9.59 Å². The van der Waals surface area contributed by atoms with Crippen molar-refractivity contribution in [1.29, 1.82) is 0 Å². The fourth-order valence-electron chi connectivity index (χ4n) is 2.46. The number of rotatable bonds is 7. The van der Waals surface area contributed by atoms with Gasteiger partial charge in [0.15, 0.2) is 11.7 Å². The van der Waals surface area contributed by atoms with Gasteiger partial charge in [0, 0.05) is 22.9 Å². The molecule has 0 aliphatic rings. The van der Waals surface area contributed by atoms with E-state index in [1.54, 1.807) is 18.3 Å². The van der Waals surface area contributed by atoms with Crippen LogP contribution in [0.25, 0.3) is 11.3 Å². The lowest BCUT2D eigenvalue weighted by Crippen LogP contribution is -2.33. The summed E-state index contributed by atoms with van der Waals surface area (Å²) in [5.74, 6) is 0.411. The minimum atomic E-state index is -0.308. The number of para-hydroxylation sites is 1. The second-order valence-corrected chi connectivity index (χ2v) is 7.16. The number of halogens is 2. The molecule has 2 aromatic carbocycles. The predicted octanol–water partition coefficient (Wildman–Crippen LogP) is 4.45. The Balaban J connectivity index is 1.45. The number of carbonyl (C=O) groups excluding carboxylic acids is 2. The van der Waals surface area contributed by atoms with E-state index in [2.05, 4.69) is 31.5 Å². The van der Waals surface area contributed by atoms with Crippen molar-refractivity contribution < 1.29 is 14.0 Å². The van der Waals surface area contributed by atoms with Gasteiger partial charge in [0.2, 0.25) is 11.8 Å². The van der Waals surface area contributed by atoms with Gasteiger partial charge in [0.25, 0.3) is 0 Å². The highest BCUT2D eigenvalue weighted by molar-refractivity contribution is 9.10. The molecule has 2 amide bonds. The third-order valence-corrected chi connectivity index (χ3v) is 4.87. The van der Waals surface area contributed by atoms with Crippen molar-refractivity contribution in [2.45, 2.75) is 12.8 Å². The fraction of sp³-hybridized carbons (Fsp3) is 0.150. The largest absolute Gasteiger partial charge is 0.441 e. The maximum atomic E-state index is 12.0. The zero-order valence-electron chi connectivity index (χ0n) is 14.7. The van der Waals surface area contributed by atoms with E-state index >= 15 is 0 Å². The number of anilines is 1. The van der Waals surface area contributed by atoms with Gasteiger partial charge in [-0.05, 0) is 40.2 Å². The molecule has 0 spiro atoms. The van der Waals surface area contributed by atoms with Crippen LogP contribution in [0, 0.1) is 0 Å². The number of aromatic nitrogens is 1. The van der Waals surface area contributed by atoms with Crippen LogP contribution in [-0.4, -0.2) is 23.3 Å². The van der Waals surface area contributed by atoms with E-state index in [4.69, 9.17) is 16.0 Å². The Morgan fingerprint density at radius 1 is 1.07 bits per heavy atom. The molecule has 0 aliphatic carbocycles. The normalized spacial score (nSPS) is 10.5. The van der Waals surface area contributed by atoms with Gasteiger partial charge in [-0.1, -0.05) is 35.9 Å². The van der Waals surface area contributed by atoms with Crippen LogP contribution in [-0.2, 0) is 16.0 Å². The van der Waals surface area contributed by atoms with Crippen molar-refractivity contribution >= 4 is 45.0 Å². The Labute approximate surface area is 175 Å². The predicted molar refractivity (Wildman–Crippen MR) is 111 cm³/mol. The Morgan fingerprint density at radius 3 is 2.61 bits per heavy atom. The Hall–Kier alpha value is -2.64. The molecule has 6 nitrogen and oxygen atoms in total. The Morgan fingerprint density at radius 2 is 1.82 bits per heavy atom. The summed E-state index contributed by atoms with van der Waals surface area (Å²) in [6, 6.07) is 14.5. The summed E-state index contributed by atoms with van der Waals surface area (Å²) in [6.07, 6.45) is 2.06. The van der Waals surface area contributed by atoms with Gasteiger partial charge in [0.1, 0.15) is 0 Å². The number of benzene rings is 2. The van der Waals surface area contributed by atoms with Gasteiger partial charge in [-0.3, -0.25) is 9.59 Å². The van der Waals surface area contributed by atoms with E-state index < -0.39 is 0 Å². The fourth-order valence-corrected chi connectivity index (χ4v) is 3.07. The average Bonchev–Trinajstić information content (AvgIpc) is 3.16. The topological polar surface area (TPSA) is 84.2 Å². The molecule has 3 rings (SSSR count). The van der Waals surface area contributed by atoms with Crippen molar-refractivity contribution in [3.63, 3.8) is 0 Å². The molecule has 0 aliphatic heterocycles. The van der Waals surface area contributed by atoms with E-state index in [1.807, 2.05) is 36.4 Å². The molecule has 2 N–H and O–H groups in total. The van der Waals surface area contributed by atoms with Gasteiger partial charge in [-0.15, -0.1) is 0 Å². The molecule has 0 saturated heterocycles. The lowest BCUT2D eigenvalue weighted by Gasteiger charge is -2.08. The highest BCUT2D eigenvalue weighted by Gasteiger charge is 2.12. The van der Waals surface area contributed by atoms with Crippen molar-refractivity contribution in [2.75, 3.05) is 11.9 Å². The molecule has 0 unspecified atom stereocenters. The first kappa shape index (κ1) is 20.1. The van der Waals surface area contributed by atoms with Gasteiger partial charge in [-0.2, -0.15) is 0 Å². The highest BCUT2D eigenvalue weighted by atomic mass is 79.9. The number of nitrogens with one attached hydrogen (secondary N) is 2. The molecule has 8 heteroatoms. The summed E-state index contributed by atoms with van der Waals surface area (Å²) >= 11 is 9.49. The molecular weight excluding hydrogens is 446 g/mol. The van der Waals surface area contributed by atoms with Crippen LogP contribution in [0.1, 0.15) is 12.3 Å². The van der Waals surface area contributed by atoms with Crippen LogP contribution in [0.4, 0.5) is 5.69 Å². The Kier molecular flexibility index (Phi) is 6.84. The third kappa shape index (κ3) is 5.43. The van der Waals surface area contributed by atoms with Crippen molar-refractivity contribution in [3.05, 3.63) is 70.1 Å². The quantitative estimate of drug-likeness (QED) is 0.543. The first-order valence-corrected chi connectivity index (χ1v) is 9.70. The summed E-state index contributed by atoms with van der Waals surface area (Å²) in [5, 5.41) is 5.87. The van der Waals surface area contributed by atoms with Crippen molar-refractivity contribution in [1.82, 2.24) is 10.3 Å². The average molecular weight is 463 g/mol. The number of aryl methyl sites for hydroxylation is 1. The van der Waals surface area contributed by atoms with Crippen molar-refractivity contribution in [3.8, 4) is 11.3 Å². The zero-order valence-corrected chi connectivity index (χ0v) is 17.1. The lowest BCUT2D eigenvalue weighted by atomic mass is 10.2. The van der Waals surface area contributed by atoms with E-state index in [0.717, 1.165) is 10.0 Å². The van der Waals surface area contributed by atoms with Crippen LogP contribution in [0.5, 0.6) is 0 Å².